The summed E-state index contributed by atoms with van der Waals surface area (Å²) in [5.74, 6) is -0.0905. The van der Waals surface area contributed by atoms with Crippen LogP contribution < -0.4 is 11.1 Å². The maximum Gasteiger partial charge on any atom is 0.239 e. The van der Waals surface area contributed by atoms with E-state index in [2.05, 4.69) is 40.3 Å². The van der Waals surface area contributed by atoms with Crippen LogP contribution in [0.5, 0.6) is 0 Å². The molecule has 1 amide bonds. The molecule has 2 aromatic rings. The van der Waals surface area contributed by atoms with Gasteiger partial charge in [0.2, 0.25) is 5.91 Å². The van der Waals surface area contributed by atoms with Crippen LogP contribution in [0, 0.1) is 0 Å². The first-order valence-corrected chi connectivity index (χ1v) is 7.72. The molecule has 2 atom stereocenters. The van der Waals surface area contributed by atoms with E-state index in [1.807, 2.05) is 42.5 Å². The molecule has 0 heterocycles. The van der Waals surface area contributed by atoms with Crippen molar-refractivity contribution in [2.24, 2.45) is 5.73 Å². The highest BCUT2D eigenvalue weighted by atomic mass is 79.9. The number of halogens is 1. The molecule has 0 aliphatic rings. The smallest absolute Gasteiger partial charge is 0.239 e. The number of carbonyl (C=O) groups is 1. The molecule has 21 heavy (non-hydrogen) atoms. The summed E-state index contributed by atoms with van der Waals surface area (Å²) in [7, 11) is 0. The number of amides is 1. The lowest BCUT2D eigenvalue weighted by Crippen LogP contribution is -2.36. The molecule has 110 valence electrons. The molecule has 3 nitrogen and oxygen atoms in total. The fourth-order valence-electron chi connectivity index (χ4n) is 2.28. The van der Waals surface area contributed by atoms with Crippen LogP contribution in [0.4, 0.5) is 5.69 Å². The Morgan fingerprint density at radius 1 is 1.14 bits per heavy atom. The molecule has 0 aliphatic heterocycles. The monoisotopic (exact) mass is 346 g/mol. The van der Waals surface area contributed by atoms with Gasteiger partial charge >= 0.3 is 0 Å². The zero-order chi connectivity index (χ0) is 15.2. The number of carbonyl (C=O) groups excluding carboxylic acids is 1. The van der Waals surface area contributed by atoms with Crippen molar-refractivity contribution in [3.8, 4) is 0 Å². The van der Waals surface area contributed by atoms with Gasteiger partial charge in [-0.3, -0.25) is 4.79 Å². The number of para-hydroxylation sites is 1. The number of hydrogen-bond donors (Lipinski definition) is 2. The molecule has 0 aromatic heterocycles. The van der Waals surface area contributed by atoms with Crippen molar-refractivity contribution >= 4 is 27.5 Å². The van der Waals surface area contributed by atoms with Gasteiger partial charge in [-0.05, 0) is 46.0 Å². The third-order valence-corrected chi connectivity index (χ3v) is 4.20. The fraction of sp³-hybridized carbons (Fsp3) is 0.235. The molecular weight excluding hydrogens is 328 g/mol. The minimum absolute atomic E-state index is 0.249. The minimum atomic E-state index is -0.404. The van der Waals surface area contributed by atoms with Gasteiger partial charge in [-0.1, -0.05) is 49.4 Å². The molecule has 4 heteroatoms. The second-order valence-corrected chi connectivity index (χ2v) is 5.98. The molecule has 0 saturated heterocycles. The lowest BCUT2D eigenvalue weighted by Gasteiger charge is -2.21. The Bertz CT molecular complexity index is 601. The van der Waals surface area contributed by atoms with Crippen LogP contribution in [-0.4, -0.2) is 11.9 Å². The van der Waals surface area contributed by atoms with Crippen molar-refractivity contribution < 1.29 is 4.79 Å². The van der Waals surface area contributed by atoms with Crippen LogP contribution in [0.15, 0.2) is 59.1 Å². The molecule has 0 spiro atoms. The Morgan fingerprint density at radius 2 is 1.76 bits per heavy atom. The molecule has 0 saturated carbocycles. The second-order valence-electron chi connectivity index (χ2n) is 5.13. The molecule has 3 N–H and O–H groups in total. The van der Waals surface area contributed by atoms with Crippen molar-refractivity contribution in [3.63, 3.8) is 0 Å². The molecule has 2 rings (SSSR count). The van der Waals surface area contributed by atoms with Gasteiger partial charge < -0.3 is 11.1 Å². The average Bonchev–Trinajstić information content (AvgIpc) is 2.49. The van der Waals surface area contributed by atoms with E-state index in [-0.39, 0.29) is 11.8 Å². The molecule has 0 bridgehead atoms. The Labute approximate surface area is 133 Å². The standard InChI is InChI=1S/C17H19BrN2O/c1-12(13-7-3-2-4-8-13)11-16(17(19)21)20-15-10-6-5-9-14(15)18/h2-10,12,16,20H,11H2,1H3,(H2,19,21). The zero-order valence-corrected chi connectivity index (χ0v) is 13.5. The molecule has 0 fully saturated rings. The third kappa shape index (κ3) is 4.33. The van der Waals surface area contributed by atoms with E-state index in [1.165, 1.54) is 5.56 Å². The first kappa shape index (κ1) is 15.6. The van der Waals surface area contributed by atoms with Gasteiger partial charge in [0.15, 0.2) is 0 Å². The van der Waals surface area contributed by atoms with E-state index >= 15 is 0 Å². The topological polar surface area (TPSA) is 55.1 Å². The Kier molecular flexibility index (Phi) is 5.39. The van der Waals surface area contributed by atoms with E-state index in [4.69, 9.17) is 5.73 Å². The summed E-state index contributed by atoms with van der Waals surface area (Å²) < 4.78 is 0.920. The van der Waals surface area contributed by atoms with Crippen molar-refractivity contribution in [3.05, 3.63) is 64.6 Å². The molecule has 0 radical (unpaired) electrons. The summed E-state index contributed by atoms with van der Waals surface area (Å²) in [6, 6.07) is 17.4. The molecule has 2 unspecified atom stereocenters. The predicted octanol–water partition coefficient (Wildman–Crippen LogP) is 3.91. The van der Waals surface area contributed by atoms with Gasteiger partial charge in [0, 0.05) is 10.2 Å². The molecule has 0 aliphatic carbocycles. The minimum Gasteiger partial charge on any atom is -0.373 e. The van der Waals surface area contributed by atoms with Crippen molar-refractivity contribution in [1.29, 1.82) is 0 Å². The predicted molar refractivity (Wildman–Crippen MR) is 90.2 cm³/mol. The van der Waals surface area contributed by atoms with E-state index in [9.17, 15) is 4.79 Å². The Balaban J connectivity index is 2.10. The van der Waals surface area contributed by atoms with Crippen molar-refractivity contribution in [1.82, 2.24) is 0 Å². The quantitative estimate of drug-likeness (QED) is 0.832. The van der Waals surface area contributed by atoms with E-state index < -0.39 is 6.04 Å². The third-order valence-electron chi connectivity index (χ3n) is 3.50. The van der Waals surface area contributed by atoms with Crippen LogP contribution in [0.2, 0.25) is 0 Å². The first-order chi connectivity index (χ1) is 10.1. The lowest BCUT2D eigenvalue weighted by atomic mass is 9.93. The van der Waals surface area contributed by atoms with Gasteiger partial charge in [0.1, 0.15) is 6.04 Å². The van der Waals surface area contributed by atoms with Gasteiger partial charge in [-0.25, -0.2) is 0 Å². The Hall–Kier alpha value is -1.81. The summed E-state index contributed by atoms with van der Waals surface area (Å²) in [5, 5.41) is 3.23. The summed E-state index contributed by atoms with van der Waals surface area (Å²) in [5.41, 5.74) is 7.63. The Morgan fingerprint density at radius 3 is 2.38 bits per heavy atom. The average molecular weight is 347 g/mol. The van der Waals surface area contributed by atoms with Gasteiger partial charge in [-0.2, -0.15) is 0 Å². The summed E-state index contributed by atoms with van der Waals surface area (Å²) in [6.07, 6.45) is 0.653. The van der Waals surface area contributed by atoms with E-state index in [1.54, 1.807) is 0 Å². The largest absolute Gasteiger partial charge is 0.373 e. The maximum atomic E-state index is 11.7. The van der Waals surface area contributed by atoms with E-state index in [0.717, 1.165) is 10.2 Å². The van der Waals surface area contributed by atoms with Crippen LogP contribution in [-0.2, 0) is 4.79 Å². The number of nitrogens with one attached hydrogen (secondary N) is 1. The van der Waals surface area contributed by atoms with Crippen LogP contribution >= 0.6 is 15.9 Å². The second kappa shape index (κ2) is 7.27. The summed E-state index contributed by atoms with van der Waals surface area (Å²) >= 11 is 3.47. The van der Waals surface area contributed by atoms with E-state index in [0.29, 0.717) is 6.42 Å². The van der Waals surface area contributed by atoms with Crippen LogP contribution in [0.3, 0.4) is 0 Å². The number of primary amides is 1. The molecular formula is C17H19BrN2O. The zero-order valence-electron chi connectivity index (χ0n) is 11.9. The number of rotatable bonds is 6. The van der Waals surface area contributed by atoms with Gasteiger partial charge in [-0.15, -0.1) is 0 Å². The first-order valence-electron chi connectivity index (χ1n) is 6.93. The van der Waals surface area contributed by atoms with Crippen LogP contribution in [0.25, 0.3) is 0 Å². The fourth-order valence-corrected chi connectivity index (χ4v) is 2.68. The van der Waals surface area contributed by atoms with Crippen molar-refractivity contribution in [2.75, 3.05) is 5.32 Å². The lowest BCUT2D eigenvalue weighted by molar-refractivity contribution is -0.118. The number of anilines is 1. The normalized spacial score (nSPS) is 13.4. The SMILES string of the molecule is CC(CC(Nc1ccccc1Br)C(N)=O)c1ccccc1. The van der Waals surface area contributed by atoms with Gasteiger partial charge in [0.05, 0.1) is 0 Å². The molecule has 2 aromatic carbocycles. The number of benzene rings is 2. The highest BCUT2D eigenvalue weighted by Gasteiger charge is 2.20. The summed E-state index contributed by atoms with van der Waals surface area (Å²) in [4.78, 5) is 11.7. The van der Waals surface area contributed by atoms with Crippen LogP contribution in [0.1, 0.15) is 24.8 Å². The number of nitrogens with two attached hydrogens (primary N) is 1. The van der Waals surface area contributed by atoms with Crippen molar-refractivity contribution in [2.45, 2.75) is 25.3 Å². The summed E-state index contributed by atoms with van der Waals surface area (Å²) in [6.45, 7) is 2.10. The highest BCUT2D eigenvalue weighted by molar-refractivity contribution is 9.10. The maximum absolute atomic E-state index is 11.7. The number of hydrogen-bond acceptors (Lipinski definition) is 2. The highest BCUT2D eigenvalue weighted by Crippen LogP contribution is 2.25. The van der Waals surface area contributed by atoms with Gasteiger partial charge in [0.25, 0.3) is 0 Å².